The Balaban J connectivity index is 1.47. The fourth-order valence-corrected chi connectivity index (χ4v) is 3.85. The van der Waals surface area contributed by atoms with Crippen molar-refractivity contribution in [2.75, 3.05) is 12.4 Å². The minimum absolute atomic E-state index is 0.105. The second-order valence-corrected chi connectivity index (χ2v) is 7.95. The molecule has 1 fully saturated rings. The average Bonchev–Trinajstić information content (AvgIpc) is 3.38. The van der Waals surface area contributed by atoms with Crippen molar-refractivity contribution in [2.45, 2.75) is 37.8 Å². The van der Waals surface area contributed by atoms with E-state index in [2.05, 4.69) is 37.8 Å². The van der Waals surface area contributed by atoms with Crippen molar-refractivity contribution in [3.05, 3.63) is 72.1 Å². The molecule has 0 spiro atoms. The Labute approximate surface area is 180 Å². The predicted molar refractivity (Wildman–Crippen MR) is 119 cm³/mol. The van der Waals surface area contributed by atoms with Crippen molar-refractivity contribution < 1.29 is 4.79 Å². The Hall–Kier alpha value is -3.68. The van der Waals surface area contributed by atoms with Gasteiger partial charge >= 0.3 is 0 Å². The van der Waals surface area contributed by atoms with Gasteiger partial charge in [-0.1, -0.05) is 18.2 Å². The molecule has 0 radical (unpaired) electrons. The summed E-state index contributed by atoms with van der Waals surface area (Å²) in [6.45, 7) is 0.164. The zero-order valence-corrected chi connectivity index (χ0v) is 17.4. The quantitative estimate of drug-likeness (QED) is 0.410. The Morgan fingerprint density at radius 2 is 2.13 bits per heavy atom. The van der Waals surface area contributed by atoms with Crippen LogP contribution in [0.2, 0.25) is 0 Å². The summed E-state index contributed by atoms with van der Waals surface area (Å²) in [6.07, 6.45) is 8.32. The van der Waals surface area contributed by atoms with Gasteiger partial charge in [-0.3, -0.25) is 9.48 Å². The SMILES string of the molecule is CNc1cc([C@H](Cc2c[nH]c3ccccc23)NC(=O)Cn2cccn2)nc(C2CC2)n1. The highest BCUT2D eigenvalue weighted by atomic mass is 16.2. The highest BCUT2D eigenvalue weighted by Gasteiger charge is 2.29. The first-order valence-corrected chi connectivity index (χ1v) is 10.6. The number of aromatic amines is 1. The number of hydrogen-bond acceptors (Lipinski definition) is 5. The van der Waals surface area contributed by atoms with Crippen LogP contribution in [-0.2, 0) is 17.8 Å². The van der Waals surface area contributed by atoms with E-state index >= 15 is 0 Å². The van der Waals surface area contributed by atoms with E-state index in [1.165, 1.54) is 0 Å². The number of anilines is 1. The highest BCUT2D eigenvalue weighted by Crippen LogP contribution is 2.39. The van der Waals surface area contributed by atoms with Gasteiger partial charge < -0.3 is 15.6 Å². The number of fused-ring (bicyclic) bond motifs is 1. The molecule has 4 aromatic rings. The molecule has 1 atom stereocenters. The van der Waals surface area contributed by atoms with E-state index < -0.39 is 0 Å². The number of benzene rings is 1. The van der Waals surface area contributed by atoms with E-state index in [0.717, 1.165) is 46.6 Å². The lowest BCUT2D eigenvalue weighted by Crippen LogP contribution is -2.33. The number of nitrogens with one attached hydrogen (secondary N) is 3. The molecule has 1 aliphatic rings. The predicted octanol–water partition coefficient (Wildman–Crippen LogP) is 3.17. The molecule has 1 aliphatic carbocycles. The Morgan fingerprint density at radius 1 is 1.26 bits per heavy atom. The smallest absolute Gasteiger partial charge is 0.242 e. The zero-order chi connectivity index (χ0) is 21.2. The van der Waals surface area contributed by atoms with Crippen LogP contribution in [0, 0.1) is 0 Å². The topological polar surface area (TPSA) is 101 Å². The molecular weight excluding hydrogens is 390 g/mol. The highest BCUT2D eigenvalue weighted by molar-refractivity contribution is 5.83. The molecule has 3 aromatic heterocycles. The standard InChI is InChI=1S/C23H25N7O/c1-24-21-12-20(28-23(29-21)15-7-8-15)19(27-22(31)14-30-10-4-9-26-30)11-16-13-25-18-6-3-2-5-17(16)18/h2-6,9-10,12-13,15,19,25H,7-8,11,14H2,1H3,(H,27,31)(H,24,28,29)/t19-/m0/s1. The lowest BCUT2D eigenvalue weighted by Gasteiger charge is -2.20. The minimum atomic E-state index is -0.283. The fourth-order valence-electron chi connectivity index (χ4n) is 3.85. The monoisotopic (exact) mass is 415 g/mol. The molecule has 1 aromatic carbocycles. The van der Waals surface area contributed by atoms with Gasteiger partial charge in [-0.15, -0.1) is 0 Å². The van der Waals surface area contributed by atoms with Gasteiger partial charge in [0, 0.05) is 54.9 Å². The van der Waals surface area contributed by atoms with Crippen LogP contribution in [0.4, 0.5) is 5.82 Å². The van der Waals surface area contributed by atoms with Gasteiger partial charge in [0.1, 0.15) is 18.2 Å². The third-order valence-corrected chi connectivity index (χ3v) is 5.62. The van der Waals surface area contributed by atoms with Crippen molar-refractivity contribution >= 4 is 22.6 Å². The average molecular weight is 416 g/mol. The van der Waals surface area contributed by atoms with Gasteiger partial charge in [0.05, 0.1) is 11.7 Å². The lowest BCUT2D eigenvalue weighted by molar-refractivity contribution is -0.122. The van der Waals surface area contributed by atoms with E-state index in [0.29, 0.717) is 12.3 Å². The number of rotatable bonds is 8. The molecule has 8 nitrogen and oxygen atoms in total. The summed E-state index contributed by atoms with van der Waals surface area (Å²) in [5, 5.41) is 11.6. The first-order valence-electron chi connectivity index (χ1n) is 10.6. The van der Waals surface area contributed by atoms with E-state index in [-0.39, 0.29) is 18.5 Å². The van der Waals surface area contributed by atoms with Gasteiger partial charge in [-0.2, -0.15) is 5.10 Å². The second kappa shape index (κ2) is 8.22. The molecule has 0 saturated heterocycles. The number of aromatic nitrogens is 5. The Kier molecular flexibility index (Phi) is 5.11. The molecule has 8 heteroatoms. The van der Waals surface area contributed by atoms with Crippen molar-refractivity contribution in [1.29, 1.82) is 0 Å². The Bertz CT molecular complexity index is 1190. The molecular formula is C23H25N7O. The van der Waals surface area contributed by atoms with Crippen LogP contribution < -0.4 is 10.6 Å². The van der Waals surface area contributed by atoms with Crippen molar-refractivity contribution in [3.8, 4) is 0 Å². The summed E-state index contributed by atoms with van der Waals surface area (Å²) in [5.74, 6) is 1.94. The number of para-hydroxylation sites is 1. The van der Waals surface area contributed by atoms with Crippen LogP contribution in [0.5, 0.6) is 0 Å². The molecule has 0 unspecified atom stereocenters. The van der Waals surface area contributed by atoms with Gasteiger partial charge in [-0.25, -0.2) is 9.97 Å². The number of hydrogen-bond donors (Lipinski definition) is 3. The van der Waals surface area contributed by atoms with E-state index in [1.807, 2.05) is 37.5 Å². The van der Waals surface area contributed by atoms with Gasteiger partial charge in [0.25, 0.3) is 0 Å². The molecule has 1 saturated carbocycles. The Morgan fingerprint density at radius 3 is 2.90 bits per heavy atom. The normalized spacial score (nSPS) is 14.5. The second-order valence-electron chi connectivity index (χ2n) is 7.95. The van der Waals surface area contributed by atoms with Gasteiger partial charge in [0.15, 0.2) is 0 Å². The largest absolute Gasteiger partial charge is 0.373 e. The molecule has 31 heavy (non-hydrogen) atoms. The van der Waals surface area contributed by atoms with Crippen LogP contribution >= 0.6 is 0 Å². The van der Waals surface area contributed by atoms with Crippen LogP contribution in [-0.4, -0.2) is 37.7 Å². The number of carbonyl (C=O) groups is 1. The van der Waals surface area contributed by atoms with E-state index in [9.17, 15) is 4.79 Å². The first kappa shape index (κ1) is 19.3. The number of carbonyl (C=O) groups excluding carboxylic acids is 1. The van der Waals surface area contributed by atoms with Crippen molar-refractivity contribution in [1.82, 2.24) is 30.0 Å². The fraction of sp³-hybridized carbons (Fsp3) is 0.304. The maximum atomic E-state index is 12.8. The molecule has 158 valence electrons. The van der Waals surface area contributed by atoms with Crippen molar-refractivity contribution in [2.24, 2.45) is 0 Å². The van der Waals surface area contributed by atoms with Gasteiger partial charge in [0.2, 0.25) is 5.91 Å². The van der Waals surface area contributed by atoms with E-state index in [1.54, 1.807) is 17.1 Å². The summed E-state index contributed by atoms with van der Waals surface area (Å²) in [7, 11) is 1.85. The number of nitrogens with zero attached hydrogens (tertiary/aromatic N) is 4. The van der Waals surface area contributed by atoms with Crippen molar-refractivity contribution in [3.63, 3.8) is 0 Å². The first-order chi connectivity index (χ1) is 15.2. The maximum absolute atomic E-state index is 12.8. The maximum Gasteiger partial charge on any atom is 0.242 e. The summed E-state index contributed by atoms with van der Waals surface area (Å²) in [4.78, 5) is 25.6. The van der Waals surface area contributed by atoms with Crippen LogP contribution in [0.25, 0.3) is 10.9 Å². The molecule has 5 rings (SSSR count). The number of H-pyrrole nitrogens is 1. The zero-order valence-electron chi connectivity index (χ0n) is 17.4. The molecule has 3 heterocycles. The minimum Gasteiger partial charge on any atom is -0.373 e. The molecule has 3 N–H and O–H groups in total. The third-order valence-electron chi connectivity index (χ3n) is 5.62. The summed E-state index contributed by atoms with van der Waals surface area (Å²) >= 11 is 0. The van der Waals surface area contributed by atoms with Crippen LogP contribution in [0.15, 0.2) is 55.0 Å². The van der Waals surface area contributed by atoms with Crippen LogP contribution in [0.1, 0.15) is 41.9 Å². The van der Waals surface area contributed by atoms with E-state index in [4.69, 9.17) is 4.98 Å². The molecule has 0 aliphatic heterocycles. The number of amides is 1. The third kappa shape index (κ3) is 4.28. The summed E-state index contributed by atoms with van der Waals surface area (Å²) in [5.41, 5.74) is 3.04. The summed E-state index contributed by atoms with van der Waals surface area (Å²) < 4.78 is 1.62. The molecule has 0 bridgehead atoms. The van der Waals surface area contributed by atoms with Gasteiger partial charge in [-0.05, 0) is 30.5 Å². The lowest BCUT2D eigenvalue weighted by atomic mass is 10.0. The molecule has 1 amide bonds. The van der Waals surface area contributed by atoms with Crippen LogP contribution in [0.3, 0.4) is 0 Å². The summed E-state index contributed by atoms with van der Waals surface area (Å²) in [6, 6.07) is 11.6.